The molecular formula is C12H25N3O3S. The molecule has 0 aromatic carbocycles. The van der Waals surface area contributed by atoms with Gasteiger partial charge in [-0.05, 0) is 25.9 Å². The maximum Gasteiger partial charge on any atom is 0.218 e. The zero-order valence-electron chi connectivity index (χ0n) is 11.6. The lowest BCUT2D eigenvalue weighted by molar-refractivity contribution is -0.117. The predicted molar refractivity (Wildman–Crippen MR) is 75.6 cm³/mol. The Bertz CT molecular complexity index is 378. The van der Waals surface area contributed by atoms with Crippen LogP contribution in [-0.2, 0) is 14.6 Å². The van der Waals surface area contributed by atoms with Crippen LogP contribution in [0.2, 0.25) is 0 Å². The number of primary amides is 1. The average molecular weight is 291 g/mol. The molecule has 112 valence electrons. The number of nitrogens with zero attached hydrogens (tertiary/aromatic N) is 1. The third kappa shape index (κ3) is 6.35. The summed E-state index contributed by atoms with van der Waals surface area (Å²) in [5.74, 6) is -0.597. The van der Waals surface area contributed by atoms with Crippen LogP contribution in [0.15, 0.2) is 0 Å². The summed E-state index contributed by atoms with van der Waals surface area (Å²) in [7, 11) is -3.18. The van der Waals surface area contributed by atoms with Crippen molar-refractivity contribution in [3.8, 4) is 0 Å². The van der Waals surface area contributed by atoms with Gasteiger partial charge in [0.2, 0.25) is 5.91 Å². The Labute approximate surface area is 115 Å². The molecule has 1 saturated heterocycles. The van der Waals surface area contributed by atoms with E-state index in [2.05, 4.69) is 10.2 Å². The lowest BCUT2D eigenvalue weighted by Crippen LogP contribution is -2.47. The van der Waals surface area contributed by atoms with Gasteiger partial charge in [0.25, 0.3) is 0 Å². The van der Waals surface area contributed by atoms with Crippen molar-refractivity contribution in [2.45, 2.75) is 32.2 Å². The van der Waals surface area contributed by atoms with Crippen LogP contribution in [0.5, 0.6) is 0 Å². The minimum atomic E-state index is -3.18. The number of nitrogens with two attached hydrogens (primary N) is 1. The first-order valence-electron chi connectivity index (χ1n) is 6.88. The summed E-state index contributed by atoms with van der Waals surface area (Å²) in [4.78, 5) is 12.8. The molecule has 7 heteroatoms. The Hall–Kier alpha value is -0.660. The maximum absolute atomic E-state index is 11.8. The number of sulfone groups is 1. The highest BCUT2D eigenvalue weighted by Gasteiger charge is 2.21. The molecule has 0 spiro atoms. The first-order chi connectivity index (χ1) is 8.94. The van der Waals surface area contributed by atoms with E-state index in [0.717, 1.165) is 32.5 Å². The third-order valence-electron chi connectivity index (χ3n) is 3.54. The van der Waals surface area contributed by atoms with Gasteiger partial charge in [-0.1, -0.05) is 6.92 Å². The lowest BCUT2D eigenvalue weighted by Gasteiger charge is -2.33. The van der Waals surface area contributed by atoms with Gasteiger partial charge in [-0.15, -0.1) is 0 Å². The van der Waals surface area contributed by atoms with Crippen molar-refractivity contribution >= 4 is 15.7 Å². The van der Waals surface area contributed by atoms with Crippen molar-refractivity contribution in [2.75, 3.05) is 37.7 Å². The summed E-state index contributed by atoms with van der Waals surface area (Å²) in [6.07, 6.45) is 2.16. The SMILES string of the molecule is CCN(CCS(=O)(=O)CCC(N)=O)C1CCCNC1. The summed E-state index contributed by atoms with van der Waals surface area (Å²) in [5, 5.41) is 3.33. The van der Waals surface area contributed by atoms with Crippen molar-refractivity contribution < 1.29 is 13.2 Å². The van der Waals surface area contributed by atoms with E-state index in [0.29, 0.717) is 12.6 Å². The first kappa shape index (κ1) is 16.4. The van der Waals surface area contributed by atoms with E-state index >= 15 is 0 Å². The first-order valence-corrected chi connectivity index (χ1v) is 8.70. The molecule has 0 aromatic rings. The largest absolute Gasteiger partial charge is 0.370 e. The highest BCUT2D eigenvalue weighted by molar-refractivity contribution is 7.91. The van der Waals surface area contributed by atoms with Gasteiger partial charge in [0, 0.05) is 25.6 Å². The molecule has 0 bridgehead atoms. The van der Waals surface area contributed by atoms with Gasteiger partial charge in [-0.25, -0.2) is 8.42 Å². The Morgan fingerprint density at radius 2 is 2.16 bits per heavy atom. The average Bonchev–Trinajstić information content (AvgIpc) is 2.38. The number of carbonyl (C=O) groups is 1. The zero-order valence-corrected chi connectivity index (χ0v) is 12.4. The fourth-order valence-electron chi connectivity index (χ4n) is 2.36. The molecule has 1 aliphatic rings. The number of amides is 1. The van der Waals surface area contributed by atoms with Crippen molar-refractivity contribution in [3.05, 3.63) is 0 Å². The molecule has 1 unspecified atom stereocenters. The molecule has 0 saturated carbocycles. The Kier molecular flexibility index (Phi) is 6.74. The molecule has 19 heavy (non-hydrogen) atoms. The summed E-state index contributed by atoms with van der Waals surface area (Å²) in [6.45, 7) is 5.40. The monoisotopic (exact) mass is 291 g/mol. The number of piperidine rings is 1. The molecule has 1 fully saturated rings. The lowest BCUT2D eigenvalue weighted by atomic mass is 10.1. The summed E-state index contributed by atoms with van der Waals surface area (Å²) in [5.41, 5.74) is 4.98. The Morgan fingerprint density at radius 3 is 2.68 bits per heavy atom. The summed E-state index contributed by atoms with van der Waals surface area (Å²) in [6, 6.07) is 0.421. The van der Waals surface area contributed by atoms with Crippen LogP contribution in [0, 0.1) is 0 Å². The fraction of sp³-hybridized carbons (Fsp3) is 0.917. The van der Waals surface area contributed by atoms with Gasteiger partial charge in [0.1, 0.15) is 0 Å². The molecule has 1 amide bonds. The van der Waals surface area contributed by atoms with E-state index in [1.165, 1.54) is 0 Å². The number of hydrogen-bond donors (Lipinski definition) is 2. The predicted octanol–water partition coefficient (Wildman–Crippen LogP) is -0.649. The molecule has 6 nitrogen and oxygen atoms in total. The number of nitrogens with one attached hydrogen (secondary N) is 1. The molecule has 3 N–H and O–H groups in total. The van der Waals surface area contributed by atoms with Crippen LogP contribution >= 0.6 is 0 Å². The van der Waals surface area contributed by atoms with Crippen LogP contribution in [0.25, 0.3) is 0 Å². The molecule has 0 aromatic heterocycles. The molecule has 1 heterocycles. The van der Waals surface area contributed by atoms with Crippen LogP contribution in [0.1, 0.15) is 26.2 Å². The second kappa shape index (κ2) is 7.81. The number of hydrogen-bond acceptors (Lipinski definition) is 5. The van der Waals surface area contributed by atoms with E-state index in [1.807, 2.05) is 6.92 Å². The van der Waals surface area contributed by atoms with Crippen LogP contribution in [0.4, 0.5) is 0 Å². The molecule has 1 aliphatic heterocycles. The Morgan fingerprint density at radius 1 is 1.42 bits per heavy atom. The second-order valence-electron chi connectivity index (χ2n) is 5.00. The van der Waals surface area contributed by atoms with Gasteiger partial charge in [-0.2, -0.15) is 0 Å². The van der Waals surface area contributed by atoms with Gasteiger partial charge in [-0.3, -0.25) is 9.69 Å². The highest BCUT2D eigenvalue weighted by atomic mass is 32.2. The van der Waals surface area contributed by atoms with E-state index in [-0.39, 0.29) is 17.9 Å². The summed E-state index contributed by atoms with van der Waals surface area (Å²) < 4.78 is 23.6. The van der Waals surface area contributed by atoms with Crippen LogP contribution in [-0.4, -0.2) is 63.0 Å². The fourth-order valence-corrected chi connectivity index (χ4v) is 3.59. The van der Waals surface area contributed by atoms with Crippen molar-refractivity contribution in [2.24, 2.45) is 5.73 Å². The topological polar surface area (TPSA) is 92.5 Å². The third-order valence-corrected chi connectivity index (χ3v) is 5.17. The van der Waals surface area contributed by atoms with Crippen molar-refractivity contribution in [3.63, 3.8) is 0 Å². The molecule has 1 rings (SSSR count). The minimum absolute atomic E-state index is 0.0839. The number of carbonyl (C=O) groups excluding carboxylic acids is 1. The van der Waals surface area contributed by atoms with E-state index in [1.54, 1.807) is 0 Å². The zero-order chi connectivity index (χ0) is 14.3. The Balaban J connectivity index is 2.41. The van der Waals surface area contributed by atoms with E-state index in [4.69, 9.17) is 5.73 Å². The van der Waals surface area contributed by atoms with Gasteiger partial charge >= 0.3 is 0 Å². The minimum Gasteiger partial charge on any atom is -0.370 e. The maximum atomic E-state index is 11.8. The molecule has 1 atom stereocenters. The van der Waals surface area contributed by atoms with E-state index in [9.17, 15) is 13.2 Å². The molecule has 0 radical (unpaired) electrons. The van der Waals surface area contributed by atoms with Crippen LogP contribution < -0.4 is 11.1 Å². The summed E-state index contributed by atoms with van der Waals surface area (Å²) >= 11 is 0. The molecular weight excluding hydrogens is 266 g/mol. The number of likely N-dealkylation sites (N-methyl/N-ethyl adjacent to an activating group) is 1. The van der Waals surface area contributed by atoms with Gasteiger partial charge in [0.05, 0.1) is 11.5 Å². The standard InChI is InChI=1S/C12H25N3O3S/c1-2-15(11-4-3-6-14-10-11)7-9-19(17,18)8-5-12(13)16/h11,14H,2-10H2,1H3,(H2,13,16). The highest BCUT2D eigenvalue weighted by Crippen LogP contribution is 2.10. The normalized spacial score (nSPS) is 20.6. The molecule has 0 aliphatic carbocycles. The van der Waals surface area contributed by atoms with Crippen molar-refractivity contribution in [1.82, 2.24) is 10.2 Å². The number of rotatable bonds is 8. The van der Waals surface area contributed by atoms with Crippen LogP contribution in [0.3, 0.4) is 0 Å². The van der Waals surface area contributed by atoms with E-state index < -0.39 is 15.7 Å². The second-order valence-corrected chi connectivity index (χ2v) is 7.30. The van der Waals surface area contributed by atoms with Crippen molar-refractivity contribution in [1.29, 1.82) is 0 Å². The van der Waals surface area contributed by atoms with Gasteiger partial charge in [0.15, 0.2) is 9.84 Å². The quantitative estimate of drug-likeness (QED) is 0.620. The van der Waals surface area contributed by atoms with Gasteiger partial charge < -0.3 is 11.1 Å². The smallest absolute Gasteiger partial charge is 0.218 e.